The topological polar surface area (TPSA) is 126 Å². The van der Waals surface area contributed by atoms with Gasteiger partial charge in [0.25, 0.3) is 0 Å². The number of hydrogen-bond donors (Lipinski definition) is 4. The van der Waals surface area contributed by atoms with E-state index in [1.165, 1.54) is 26.2 Å². The molecule has 2 rings (SSSR count). The monoisotopic (exact) mass is 422 g/mol. The number of nitrogens with one attached hydrogen (secondary N) is 2. The van der Waals surface area contributed by atoms with Gasteiger partial charge >= 0.3 is 5.76 Å². The van der Waals surface area contributed by atoms with E-state index in [1.807, 2.05) is 4.90 Å². The summed E-state index contributed by atoms with van der Waals surface area (Å²) in [6.07, 6.45) is 8.39. The number of halogens is 1. The van der Waals surface area contributed by atoms with Gasteiger partial charge in [0.1, 0.15) is 6.17 Å². The van der Waals surface area contributed by atoms with Gasteiger partial charge in [-0.3, -0.25) is 9.51 Å². The normalized spacial score (nSPS) is 19.2. The van der Waals surface area contributed by atoms with Crippen molar-refractivity contribution in [3.05, 3.63) is 46.5 Å². The van der Waals surface area contributed by atoms with Gasteiger partial charge in [-0.1, -0.05) is 43.2 Å². The number of nitrogens with zero attached hydrogens (tertiary/aromatic N) is 2. The van der Waals surface area contributed by atoms with Gasteiger partial charge in [0.05, 0.1) is 12.2 Å². The van der Waals surface area contributed by atoms with Crippen molar-refractivity contribution in [3.8, 4) is 0 Å². The first kappa shape index (κ1) is 23.7. The number of H-pyrrole nitrogens is 1. The molecule has 2 unspecified atom stereocenters. The quantitative estimate of drug-likeness (QED) is 0.427. The molecule has 9 heteroatoms. The highest BCUT2D eigenvalue weighted by molar-refractivity contribution is 5.57. The molecule has 0 radical (unpaired) electrons. The fourth-order valence-electron chi connectivity index (χ4n) is 3.80. The van der Waals surface area contributed by atoms with E-state index in [4.69, 9.17) is 11.5 Å². The average molecular weight is 423 g/mol. The van der Waals surface area contributed by atoms with Crippen LogP contribution >= 0.6 is 0 Å². The van der Waals surface area contributed by atoms with Gasteiger partial charge in [0.15, 0.2) is 11.5 Å². The van der Waals surface area contributed by atoms with Crippen molar-refractivity contribution in [1.29, 1.82) is 0 Å². The van der Waals surface area contributed by atoms with E-state index in [1.54, 1.807) is 26.0 Å². The first-order chi connectivity index (χ1) is 14.2. The summed E-state index contributed by atoms with van der Waals surface area (Å²) >= 11 is 0. The van der Waals surface area contributed by atoms with Crippen LogP contribution in [-0.2, 0) is 0 Å². The summed E-state index contributed by atoms with van der Waals surface area (Å²) in [6, 6.07) is 0. The Balaban J connectivity index is 2.17. The van der Waals surface area contributed by atoms with Crippen LogP contribution in [0.25, 0.3) is 5.70 Å². The van der Waals surface area contributed by atoms with E-state index in [2.05, 4.69) is 26.6 Å². The summed E-state index contributed by atoms with van der Waals surface area (Å²) in [6.45, 7) is 9.83. The molecule has 6 N–H and O–H groups in total. The third-order valence-electron chi connectivity index (χ3n) is 5.66. The summed E-state index contributed by atoms with van der Waals surface area (Å²) in [4.78, 5) is 15.6. The van der Waals surface area contributed by atoms with Crippen molar-refractivity contribution in [2.75, 3.05) is 13.1 Å². The van der Waals surface area contributed by atoms with Gasteiger partial charge in [-0.2, -0.15) is 0 Å². The van der Waals surface area contributed by atoms with Gasteiger partial charge in [0, 0.05) is 17.9 Å². The molecule has 0 spiro atoms. The lowest BCUT2D eigenvalue weighted by molar-refractivity contribution is 0.135. The summed E-state index contributed by atoms with van der Waals surface area (Å²) in [5.41, 5.74) is 11.8. The predicted molar refractivity (Wildman–Crippen MR) is 117 cm³/mol. The molecule has 0 aromatic carbocycles. The first-order valence-corrected chi connectivity index (χ1v) is 10.5. The van der Waals surface area contributed by atoms with Crippen molar-refractivity contribution in [1.82, 2.24) is 20.4 Å². The molecule has 0 amide bonds. The number of nitrogens with two attached hydrogens (primary N) is 2. The third-order valence-corrected chi connectivity index (χ3v) is 5.66. The molecule has 0 aliphatic heterocycles. The number of aromatic nitrogens is 2. The standard InChI is InChI=1S/C21H35FN6O2/c1-5-16(19-26-20(29)30-27-19)25-18(24)14(3)28(12-15-10-8-7-9-11-15)13-21(4,22)17(23)6-2/h5-6,15,18,25H,3,7-13,23-24H2,1-2,4H3,(H,26,27,29)/b16-5-,17-6-. The van der Waals surface area contributed by atoms with Crippen LogP contribution in [0.4, 0.5) is 4.39 Å². The highest BCUT2D eigenvalue weighted by atomic mass is 19.1. The lowest BCUT2D eigenvalue weighted by Gasteiger charge is -2.38. The number of hydrogen-bond acceptors (Lipinski definition) is 7. The fourth-order valence-corrected chi connectivity index (χ4v) is 3.80. The summed E-state index contributed by atoms with van der Waals surface area (Å²) in [5.74, 6) is 0.0315. The van der Waals surface area contributed by atoms with Gasteiger partial charge in [0.2, 0.25) is 0 Å². The Labute approximate surface area is 177 Å². The Morgan fingerprint density at radius 2 is 2.10 bits per heavy atom. The molecule has 8 nitrogen and oxygen atoms in total. The van der Waals surface area contributed by atoms with Crippen molar-refractivity contribution in [2.24, 2.45) is 17.4 Å². The maximum absolute atomic E-state index is 15.3. The zero-order chi connectivity index (χ0) is 22.3. The Bertz CT molecular complexity index is 819. The lowest BCUT2D eigenvalue weighted by Crippen LogP contribution is -2.49. The molecule has 1 fully saturated rings. The van der Waals surface area contributed by atoms with Crippen LogP contribution in [0.1, 0.15) is 58.7 Å². The van der Waals surface area contributed by atoms with Gasteiger partial charge < -0.3 is 21.7 Å². The molecule has 0 bridgehead atoms. The Kier molecular flexibility index (Phi) is 8.28. The molecule has 168 valence electrons. The number of alkyl halides is 1. The second-order valence-electron chi connectivity index (χ2n) is 8.09. The van der Waals surface area contributed by atoms with Crippen LogP contribution in [-0.4, -0.2) is 40.0 Å². The van der Waals surface area contributed by atoms with Crippen LogP contribution in [0.3, 0.4) is 0 Å². The minimum Gasteiger partial charge on any atom is -0.400 e. The predicted octanol–water partition coefficient (Wildman–Crippen LogP) is 2.58. The number of rotatable bonds is 10. The zero-order valence-corrected chi connectivity index (χ0v) is 18.2. The van der Waals surface area contributed by atoms with Crippen LogP contribution in [0, 0.1) is 5.92 Å². The van der Waals surface area contributed by atoms with E-state index >= 15 is 4.39 Å². The Morgan fingerprint density at radius 1 is 1.43 bits per heavy atom. The SMILES string of the molecule is C=C(C(N)N/C(=C\C)c1noc(=O)[nH]1)N(CC1CCCCC1)CC(C)(F)/C(N)=C/C. The zero-order valence-electron chi connectivity index (χ0n) is 18.2. The van der Waals surface area contributed by atoms with Crippen molar-refractivity contribution in [2.45, 2.75) is 64.7 Å². The lowest BCUT2D eigenvalue weighted by atomic mass is 9.88. The molecule has 1 aromatic rings. The molecule has 1 heterocycles. The van der Waals surface area contributed by atoms with Crippen LogP contribution in [0.5, 0.6) is 0 Å². The molecule has 1 aliphatic rings. The van der Waals surface area contributed by atoms with E-state index in [9.17, 15) is 4.79 Å². The van der Waals surface area contributed by atoms with Crippen molar-refractivity contribution >= 4 is 5.70 Å². The molecule has 2 atom stereocenters. The van der Waals surface area contributed by atoms with Crippen LogP contribution in [0.2, 0.25) is 0 Å². The minimum absolute atomic E-state index is 0.0554. The van der Waals surface area contributed by atoms with Crippen molar-refractivity contribution < 1.29 is 8.91 Å². The molecule has 1 aliphatic carbocycles. The second-order valence-corrected chi connectivity index (χ2v) is 8.09. The fraction of sp³-hybridized carbons (Fsp3) is 0.619. The van der Waals surface area contributed by atoms with Crippen LogP contribution in [0.15, 0.2) is 39.4 Å². The summed E-state index contributed by atoms with van der Waals surface area (Å²) < 4.78 is 19.9. The second kappa shape index (κ2) is 10.5. The molecule has 30 heavy (non-hydrogen) atoms. The maximum atomic E-state index is 15.3. The molecule has 0 saturated heterocycles. The van der Waals surface area contributed by atoms with E-state index in [0.29, 0.717) is 23.9 Å². The van der Waals surface area contributed by atoms with Crippen molar-refractivity contribution in [3.63, 3.8) is 0 Å². The highest BCUT2D eigenvalue weighted by Gasteiger charge is 2.32. The van der Waals surface area contributed by atoms with Gasteiger partial charge in [-0.05, 0) is 39.5 Å². The highest BCUT2D eigenvalue weighted by Crippen LogP contribution is 2.28. The van der Waals surface area contributed by atoms with Crippen LogP contribution < -0.4 is 22.5 Å². The smallest absolute Gasteiger partial charge is 0.400 e. The number of aromatic amines is 1. The maximum Gasteiger partial charge on any atom is 0.439 e. The molecule has 1 aromatic heterocycles. The molecule has 1 saturated carbocycles. The summed E-state index contributed by atoms with van der Waals surface area (Å²) in [5, 5.41) is 6.75. The molecular weight excluding hydrogens is 387 g/mol. The molecular formula is C21H35FN6O2. The minimum atomic E-state index is -1.72. The largest absolute Gasteiger partial charge is 0.439 e. The first-order valence-electron chi connectivity index (χ1n) is 10.5. The van der Waals surface area contributed by atoms with E-state index in [0.717, 1.165) is 12.8 Å². The Morgan fingerprint density at radius 3 is 2.63 bits per heavy atom. The van der Waals surface area contributed by atoms with Gasteiger partial charge in [-0.25, -0.2) is 9.18 Å². The van der Waals surface area contributed by atoms with E-state index < -0.39 is 17.6 Å². The van der Waals surface area contributed by atoms with E-state index in [-0.39, 0.29) is 18.1 Å². The third kappa shape index (κ3) is 6.22. The number of allylic oxidation sites excluding steroid dienone is 2. The Hall–Kier alpha value is -2.55. The van der Waals surface area contributed by atoms with Gasteiger partial charge in [-0.15, -0.1) is 0 Å². The average Bonchev–Trinajstić information content (AvgIpc) is 3.16. The summed E-state index contributed by atoms with van der Waals surface area (Å²) in [7, 11) is 0.